The Bertz CT molecular complexity index is 1240. The zero-order valence-electron chi connectivity index (χ0n) is 21.9. The smallest absolute Gasteiger partial charge is 0.253 e. The fourth-order valence-corrected chi connectivity index (χ4v) is 7.11. The van der Waals surface area contributed by atoms with E-state index in [1.807, 2.05) is 25.1 Å². The summed E-state index contributed by atoms with van der Waals surface area (Å²) in [6, 6.07) is 1.94. The van der Waals surface area contributed by atoms with Crippen molar-refractivity contribution < 1.29 is 35.1 Å². The van der Waals surface area contributed by atoms with Crippen LogP contribution in [-0.2, 0) is 17.8 Å². The van der Waals surface area contributed by atoms with Gasteiger partial charge in [-0.3, -0.25) is 14.5 Å². The highest BCUT2D eigenvalue weighted by Crippen LogP contribution is 2.54. The number of hydrogen-bond donors (Lipinski definition) is 6. The lowest BCUT2D eigenvalue weighted by Crippen LogP contribution is -2.54. The quantitative estimate of drug-likeness (QED) is 0.321. The Labute approximate surface area is 221 Å². The van der Waals surface area contributed by atoms with Crippen LogP contribution in [-0.4, -0.2) is 75.1 Å². The number of carbonyl (C=O) groups excluding carboxylic acids is 2. The molecule has 7 N–H and O–H groups in total. The Morgan fingerprint density at radius 3 is 2.37 bits per heavy atom. The molecule has 0 radical (unpaired) electrons. The molecule has 0 saturated carbocycles. The monoisotopic (exact) mass is 527 g/mol. The summed E-state index contributed by atoms with van der Waals surface area (Å²) in [4.78, 5) is 30.1. The van der Waals surface area contributed by atoms with E-state index in [4.69, 9.17) is 5.73 Å². The van der Waals surface area contributed by atoms with Crippen LogP contribution in [0.5, 0.6) is 5.75 Å². The van der Waals surface area contributed by atoms with E-state index in [0.29, 0.717) is 24.1 Å². The molecule has 1 amide bonds. The Kier molecular flexibility index (Phi) is 6.69. The maximum Gasteiger partial charge on any atom is 0.253 e. The first-order valence-corrected chi connectivity index (χ1v) is 13.4. The van der Waals surface area contributed by atoms with Crippen LogP contribution in [0.2, 0.25) is 0 Å². The molecule has 206 valence electrons. The number of fused-ring (bicyclic) bond motifs is 3. The number of likely N-dealkylation sites (tertiary alicyclic amines) is 1. The van der Waals surface area contributed by atoms with E-state index >= 15 is 0 Å². The lowest BCUT2D eigenvalue weighted by atomic mass is 9.61. The third kappa shape index (κ3) is 4.15. The van der Waals surface area contributed by atoms with Crippen molar-refractivity contribution in [2.75, 3.05) is 32.1 Å². The number of primary amides is 1. The lowest BCUT2D eigenvalue weighted by molar-refractivity contribution is -0.194. The second-order valence-corrected chi connectivity index (χ2v) is 11.5. The van der Waals surface area contributed by atoms with Crippen LogP contribution in [0.1, 0.15) is 60.0 Å². The molecule has 0 bridgehead atoms. The lowest BCUT2D eigenvalue weighted by Gasteiger charge is -2.47. The van der Waals surface area contributed by atoms with Gasteiger partial charge in [0.25, 0.3) is 5.91 Å². The van der Waals surface area contributed by atoms with Gasteiger partial charge >= 0.3 is 0 Å². The van der Waals surface area contributed by atoms with Crippen LogP contribution in [0.25, 0.3) is 0 Å². The summed E-state index contributed by atoms with van der Waals surface area (Å²) in [7, 11) is 3.77. The average molecular weight is 528 g/mol. The first kappa shape index (κ1) is 26.5. The molecule has 10 nitrogen and oxygen atoms in total. The Morgan fingerprint density at radius 1 is 1.11 bits per heavy atom. The average Bonchev–Trinajstić information content (AvgIpc) is 3.07. The number of aliphatic hydroxyl groups is 4. The number of nitrogens with two attached hydrogens (primary N) is 1. The van der Waals surface area contributed by atoms with E-state index in [1.165, 1.54) is 12.8 Å². The van der Waals surface area contributed by atoms with Gasteiger partial charge in [0.2, 0.25) is 5.79 Å². The Balaban J connectivity index is 1.61. The predicted octanol–water partition coefficient (Wildman–Crippen LogP) is 2.02. The normalized spacial score (nSPS) is 27.4. The highest BCUT2D eigenvalue weighted by molar-refractivity contribution is 6.14. The number of allylic oxidation sites excluding steroid dienone is 2. The highest BCUT2D eigenvalue weighted by atomic mass is 16.5. The molecule has 0 spiro atoms. The third-order valence-electron chi connectivity index (χ3n) is 8.79. The van der Waals surface area contributed by atoms with Crippen LogP contribution in [0.4, 0.5) is 5.69 Å². The molecule has 1 heterocycles. The molecule has 1 aromatic rings. The SMILES string of the molecule is CN(C)c1cc(CN2CCCCCC2)c(O)c2c1CC1CC3CC(O)=C(C(N)=O)C(O)(O)C3C(O)=C1C2=O. The van der Waals surface area contributed by atoms with Gasteiger partial charge in [0.15, 0.2) is 5.78 Å². The largest absolute Gasteiger partial charge is 0.512 e. The van der Waals surface area contributed by atoms with Gasteiger partial charge in [-0.15, -0.1) is 0 Å². The second kappa shape index (κ2) is 9.59. The summed E-state index contributed by atoms with van der Waals surface area (Å²) in [6.07, 6.45) is 5.05. The first-order valence-electron chi connectivity index (χ1n) is 13.4. The number of carbonyl (C=O) groups is 2. The fraction of sp³-hybridized carbons (Fsp3) is 0.571. The molecular weight excluding hydrogens is 490 g/mol. The number of rotatable bonds is 4. The van der Waals surface area contributed by atoms with Crippen LogP contribution < -0.4 is 10.6 Å². The minimum Gasteiger partial charge on any atom is -0.512 e. The Morgan fingerprint density at radius 2 is 1.76 bits per heavy atom. The summed E-state index contributed by atoms with van der Waals surface area (Å²) in [5.74, 6) is -8.35. The number of anilines is 1. The Hall–Kier alpha value is -3.08. The van der Waals surface area contributed by atoms with Gasteiger partial charge in [-0.25, -0.2) is 0 Å². The molecule has 1 aliphatic heterocycles. The third-order valence-corrected chi connectivity index (χ3v) is 8.79. The van der Waals surface area contributed by atoms with E-state index in [-0.39, 0.29) is 29.7 Å². The predicted molar refractivity (Wildman–Crippen MR) is 140 cm³/mol. The molecule has 10 heteroatoms. The van der Waals surface area contributed by atoms with E-state index in [0.717, 1.165) is 31.6 Å². The van der Waals surface area contributed by atoms with Gasteiger partial charge in [0, 0.05) is 43.9 Å². The van der Waals surface area contributed by atoms with Crippen molar-refractivity contribution in [1.82, 2.24) is 4.90 Å². The van der Waals surface area contributed by atoms with Crippen molar-refractivity contribution in [1.29, 1.82) is 0 Å². The summed E-state index contributed by atoms with van der Waals surface area (Å²) in [5.41, 5.74) is 6.82. The molecule has 1 saturated heterocycles. The fourth-order valence-electron chi connectivity index (χ4n) is 7.11. The van der Waals surface area contributed by atoms with Crippen molar-refractivity contribution >= 4 is 17.4 Å². The van der Waals surface area contributed by atoms with E-state index in [2.05, 4.69) is 4.90 Å². The van der Waals surface area contributed by atoms with Crippen molar-refractivity contribution in [3.05, 3.63) is 45.4 Å². The molecule has 1 aromatic carbocycles. The van der Waals surface area contributed by atoms with Crippen molar-refractivity contribution in [2.45, 2.75) is 57.3 Å². The van der Waals surface area contributed by atoms with Gasteiger partial charge in [-0.2, -0.15) is 0 Å². The van der Waals surface area contributed by atoms with Gasteiger partial charge in [0.1, 0.15) is 22.8 Å². The number of ketones is 1. The topological polar surface area (TPSA) is 168 Å². The van der Waals surface area contributed by atoms with Gasteiger partial charge in [-0.05, 0) is 62.2 Å². The van der Waals surface area contributed by atoms with E-state index < -0.39 is 52.3 Å². The standard InChI is InChI=1S/C28H37N3O7/c1-30(2)18-11-16(13-31-7-5-3-4-6-8-31)24(33)21-17(18)10-14-9-15-12-19(32)23(27(29)36)28(37,38)22(15)26(35)20(14)25(21)34/h11,14-15,22,32-33,35,37-38H,3-10,12-13H2,1-2H3,(H2,29,36). The molecular formula is C28H37N3O7. The first-order chi connectivity index (χ1) is 17.9. The van der Waals surface area contributed by atoms with E-state index in [9.17, 15) is 35.1 Å². The molecule has 5 rings (SSSR count). The number of benzene rings is 1. The molecule has 1 fully saturated rings. The minimum atomic E-state index is -2.94. The molecule has 4 aliphatic rings. The zero-order chi connectivity index (χ0) is 27.5. The number of aromatic hydroxyl groups is 1. The minimum absolute atomic E-state index is 0.0170. The molecule has 3 atom stereocenters. The maximum absolute atomic E-state index is 14.0. The zero-order valence-corrected chi connectivity index (χ0v) is 21.9. The number of nitrogens with zero attached hydrogens (tertiary/aromatic N) is 2. The highest BCUT2D eigenvalue weighted by Gasteiger charge is 2.57. The summed E-state index contributed by atoms with van der Waals surface area (Å²) >= 11 is 0. The molecule has 0 aromatic heterocycles. The molecule has 3 aliphatic carbocycles. The van der Waals surface area contributed by atoms with Crippen LogP contribution >= 0.6 is 0 Å². The van der Waals surface area contributed by atoms with Crippen molar-refractivity contribution in [3.63, 3.8) is 0 Å². The summed E-state index contributed by atoms with van der Waals surface area (Å²) < 4.78 is 0. The number of Topliss-reactive ketones (excluding diaryl/α,β-unsaturated/α-hetero) is 1. The number of phenols is 1. The number of aliphatic hydroxyl groups excluding tert-OH is 2. The number of amides is 1. The summed E-state index contributed by atoms with van der Waals surface area (Å²) in [5, 5.41) is 54.9. The van der Waals surface area contributed by atoms with Gasteiger partial charge in [0.05, 0.1) is 11.5 Å². The summed E-state index contributed by atoms with van der Waals surface area (Å²) in [6.45, 7) is 2.32. The van der Waals surface area contributed by atoms with Gasteiger partial charge in [-0.1, -0.05) is 12.8 Å². The van der Waals surface area contributed by atoms with Crippen molar-refractivity contribution in [3.8, 4) is 5.75 Å². The van der Waals surface area contributed by atoms with Gasteiger partial charge < -0.3 is 36.2 Å². The number of hydrogen-bond acceptors (Lipinski definition) is 9. The molecule has 38 heavy (non-hydrogen) atoms. The molecule has 3 unspecified atom stereocenters. The number of phenolic OH excluding ortho intramolecular Hbond substituents is 1. The van der Waals surface area contributed by atoms with Crippen molar-refractivity contribution in [2.24, 2.45) is 23.5 Å². The van der Waals surface area contributed by atoms with E-state index in [1.54, 1.807) is 0 Å². The van der Waals surface area contributed by atoms with Crippen LogP contribution in [0.15, 0.2) is 28.7 Å². The maximum atomic E-state index is 14.0. The van der Waals surface area contributed by atoms with Crippen LogP contribution in [0, 0.1) is 17.8 Å². The van der Waals surface area contributed by atoms with Crippen LogP contribution in [0.3, 0.4) is 0 Å². The second-order valence-electron chi connectivity index (χ2n) is 11.5.